The molecule has 138 valence electrons. The number of ether oxygens (including phenoxy) is 1. The fourth-order valence-corrected chi connectivity index (χ4v) is 3.88. The summed E-state index contributed by atoms with van der Waals surface area (Å²) in [5, 5.41) is 15.4. The van der Waals surface area contributed by atoms with Gasteiger partial charge in [-0.15, -0.1) is 15.3 Å². The summed E-state index contributed by atoms with van der Waals surface area (Å²) in [6.45, 7) is 1.54. The molecule has 9 heteroatoms. The number of carbonyl (C=O) groups is 1. The van der Waals surface area contributed by atoms with Gasteiger partial charge in [0.25, 0.3) is 0 Å². The maximum atomic E-state index is 12.7. The smallest absolute Gasteiger partial charge is 0.322 e. The third kappa shape index (κ3) is 2.71. The maximum absolute atomic E-state index is 12.7. The molecule has 3 fully saturated rings. The number of fused-ring (bicyclic) bond motifs is 3. The molecule has 0 aliphatic carbocycles. The first-order valence-corrected chi connectivity index (χ1v) is 8.86. The molecule has 2 amide bonds. The molecule has 1 aromatic carbocycles. The number of piperidine rings is 1. The minimum Gasteiger partial charge on any atom is -0.497 e. The molecule has 3 saturated heterocycles. The van der Waals surface area contributed by atoms with Crippen LogP contribution in [0.3, 0.4) is 0 Å². The second kappa shape index (κ2) is 6.11. The highest BCUT2D eigenvalue weighted by atomic mass is 16.5. The summed E-state index contributed by atoms with van der Waals surface area (Å²) in [5.74, 6) is 1.65. The standard InChI is InChI=1S/C18H19N7O2/c1-27-15-4-2-12(3-5-15)20-18(26)25-13-8-14(25)10-23(9-13)17-7-6-16-21-19-11-24(16)22-17/h2-7,11,13-14H,8-10H2,1H3,(H,20,26). The zero-order chi connectivity index (χ0) is 18.4. The van der Waals surface area contributed by atoms with Crippen LogP contribution in [-0.4, -0.2) is 63.0 Å². The Morgan fingerprint density at radius 1 is 1.15 bits per heavy atom. The van der Waals surface area contributed by atoms with Gasteiger partial charge in [0.15, 0.2) is 5.65 Å². The van der Waals surface area contributed by atoms with Gasteiger partial charge in [0.2, 0.25) is 0 Å². The van der Waals surface area contributed by atoms with Crippen molar-refractivity contribution in [3.05, 3.63) is 42.7 Å². The quantitative estimate of drug-likeness (QED) is 0.759. The molecule has 27 heavy (non-hydrogen) atoms. The van der Waals surface area contributed by atoms with E-state index in [4.69, 9.17) is 4.74 Å². The van der Waals surface area contributed by atoms with Gasteiger partial charge in [-0.3, -0.25) is 0 Å². The van der Waals surface area contributed by atoms with E-state index in [9.17, 15) is 4.79 Å². The predicted molar refractivity (Wildman–Crippen MR) is 99.0 cm³/mol. The Balaban J connectivity index is 1.26. The number of piperazine rings is 1. The van der Waals surface area contributed by atoms with Crippen LogP contribution in [-0.2, 0) is 0 Å². The largest absolute Gasteiger partial charge is 0.497 e. The molecular formula is C18H19N7O2. The van der Waals surface area contributed by atoms with Gasteiger partial charge in [0.05, 0.1) is 19.2 Å². The Kier molecular flexibility index (Phi) is 3.59. The average molecular weight is 365 g/mol. The first-order valence-electron chi connectivity index (χ1n) is 8.86. The summed E-state index contributed by atoms with van der Waals surface area (Å²) >= 11 is 0. The Labute approximate surface area is 155 Å². The Hall–Kier alpha value is -3.36. The summed E-state index contributed by atoms with van der Waals surface area (Å²) in [6.07, 6.45) is 2.62. The molecular weight excluding hydrogens is 346 g/mol. The minimum atomic E-state index is -0.0525. The molecule has 3 aliphatic rings. The molecule has 2 unspecified atom stereocenters. The van der Waals surface area contributed by atoms with E-state index < -0.39 is 0 Å². The summed E-state index contributed by atoms with van der Waals surface area (Å²) in [7, 11) is 1.62. The van der Waals surface area contributed by atoms with Crippen molar-refractivity contribution in [3.8, 4) is 5.75 Å². The molecule has 0 spiro atoms. The summed E-state index contributed by atoms with van der Waals surface area (Å²) < 4.78 is 6.82. The number of rotatable bonds is 3. The molecule has 0 radical (unpaired) electrons. The first kappa shape index (κ1) is 15.9. The number of amides is 2. The Bertz CT molecular complexity index is 975. The van der Waals surface area contributed by atoms with E-state index in [1.807, 2.05) is 41.3 Å². The van der Waals surface area contributed by atoms with Gasteiger partial charge in [-0.1, -0.05) is 0 Å². The molecule has 9 nitrogen and oxygen atoms in total. The van der Waals surface area contributed by atoms with E-state index in [1.165, 1.54) is 0 Å². The van der Waals surface area contributed by atoms with Crippen molar-refractivity contribution in [2.45, 2.75) is 18.5 Å². The second-order valence-electron chi connectivity index (χ2n) is 6.84. The summed E-state index contributed by atoms with van der Waals surface area (Å²) in [5.41, 5.74) is 1.49. The second-order valence-corrected chi connectivity index (χ2v) is 6.84. The van der Waals surface area contributed by atoms with Crippen molar-refractivity contribution in [2.24, 2.45) is 0 Å². The molecule has 6 rings (SSSR count). The number of nitrogens with one attached hydrogen (secondary N) is 1. The van der Waals surface area contributed by atoms with Crippen molar-refractivity contribution < 1.29 is 9.53 Å². The van der Waals surface area contributed by atoms with Crippen LogP contribution in [0, 0.1) is 0 Å². The van der Waals surface area contributed by atoms with Crippen molar-refractivity contribution in [2.75, 3.05) is 30.4 Å². The van der Waals surface area contributed by atoms with Crippen molar-refractivity contribution in [1.82, 2.24) is 24.7 Å². The van der Waals surface area contributed by atoms with Gasteiger partial charge in [-0.2, -0.15) is 4.52 Å². The van der Waals surface area contributed by atoms with Crippen LogP contribution in [0.1, 0.15) is 6.42 Å². The fraction of sp³-hybridized carbons (Fsp3) is 0.333. The monoisotopic (exact) mass is 365 g/mol. The number of urea groups is 1. The van der Waals surface area contributed by atoms with Crippen LogP contribution in [0.2, 0.25) is 0 Å². The number of carbonyl (C=O) groups excluding carboxylic acids is 1. The van der Waals surface area contributed by atoms with Crippen LogP contribution in [0.5, 0.6) is 5.75 Å². The van der Waals surface area contributed by atoms with Crippen molar-refractivity contribution >= 4 is 23.2 Å². The van der Waals surface area contributed by atoms with Gasteiger partial charge in [-0.05, 0) is 42.8 Å². The third-order valence-corrected chi connectivity index (χ3v) is 5.24. The average Bonchev–Trinajstić information content (AvgIpc) is 3.16. The highest BCUT2D eigenvalue weighted by Crippen LogP contribution is 2.34. The molecule has 1 N–H and O–H groups in total. The molecule has 2 atom stereocenters. The number of nitrogens with zero attached hydrogens (tertiary/aromatic N) is 6. The normalized spacial score (nSPS) is 21.1. The number of anilines is 2. The van der Waals surface area contributed by atoms with Crippen LogP contribution in [0.4, 0.5) is 16.3 Å². The first-order chi connectivity index (χ1) is 13.2. The summed E-state index contributed by atoms with van der Waals surface area (Å²) in [6, 6.07) is 11.6. The van der Waals surface area contributed by atoms with Crippen molar-refractivity contribution in [3.63, 3.8) is 0 Å². The molecule has 2 aromatic heterocycles. The predicted octanol–water partition coefficient (Wildman–Crippen LogP) is 1.63. The third-order valence-electron chi connectivity index (χ3n) is 5.24. The van der Waals surface area contributed by atoms with Crippen molar-refractivity contribution in [1.29, 1.82) is 0 Å². The minimum absolute atomic E-state index is 0.0525. The van der Waals surface area contributed by atoms with Crippen LogP contribution >= 0.6 is 0 Å². The van der Waals surface area contributed by atoms with E-state index in [-0.39, 0.29) is 18.1 Å². The topological polar surface area (TPSA) is 87.9 Å². The van der Waals surface area contributed by atoms with E-state index in [1.54, 1.807) is 18.0 Å². The molecule has 3 aliphatic heterocycles. The Morgan fingerprint density at radius 2 is 1.93 bits per heavy atom. The van der Waals surface area contributed by atoms with Crippen LogP contribution in [0.25, 0.3) is 5.65 Å². The highest BCUT2D eigenvalue weighted by Gasteiger charge is 2.47. The highest BCUT2D eigenvalue weighted by molar-refractivity contribution is 5.90. The van der Waals surface area contributed by atoms with Gasteiger partial charge >= 0.3 is 6.03 Å². The number of methoxy groups -OCH3 is 1. The van der Waals surface area contributed by atoms with Crippen LogP contribution < -0.4 is 15.0 Å². The Morgan fingerprint density at radius 3 is 2.67 bits per heavy atom. The van der Waals surface area contributed by atoms with Crippen LogP contribution in [0.15, 0.2) is 42.7 Å². The molecule has 2 bridgehead atoms. The number of hydrogen-bond acceptors (Lipinski definition) is 6. The zero-order valence-electron chi connectivity index (χ0n) is 14.8. The zero-order valence-corrected chi connectivity index (χ0v) is 14.8. The van der Waals surface area contributed by atoms with Gasteiger partial charge in [0, 0.05) is 18.8 Å². The van der Waals surface area contributed by atoms with Gasteiger partial charge < -0.3 is 19.9 Å². The molecule has 0 saturated carbocycles. The molecule has 3 aromatic rings. The number of benzene rings is 1. The lowest BCUT2D eigenvalue weighted by Gasteiger charge is -2.56. The van der Waals surface area contributed by atoms with E-state index >= 15 is 0 Å². The van der Waals surface area contributed by atoms with Gasteiger partial charge in [0.1, 0.15) is 17.9 Å². The lowest BCUT2D eigenvalue weighted by atomic mass is 9.88. The molecule has 5 heterocycles. The number of hydrogen-bond donors (Lipinski definition) is 1. The SMILES string of the molecule is COc1ccc(NC(=O)N2C3CC2CN(c2ccc4nncn4n2)C3)cc1. The van der Waals surface area contributed by atoms with E-state index in [0.29, 0.717) is 0 Å². The fourth-order valence-electron chi connectivity index (χ4n) is 3.88. The maximum Gasteiger partial charge on any atom is 0.322 e. The lowest BCUT2D eigenvalue weighted by Crippen LogP contribution is -2.71. The lowest BCUT2D eigenvalue weighted by molar-refractivity contribution is 0.0436. The van der Waals surface area contributed by atoms with Gasteiger partial charge in [-0.25, -0.2) is 4.79 Å². The van der Waals surface area contributed by atoms with E-state index in [0.717, 1.165) is 42.4 Å². The summed E-state index contributed by atoms with van der Waals surface area (Å²) in [4.78, 5) is 16.8. The number of aromatic nitrogens is 4. The van der Waals surface area contributed by atoms with E-state index in [2.05, 4.69) is 25.5 Å².